The highest BCUT2D eigenvalue weighted by Gasteiger charge is 2.08. The van der Waals surface area contributed by atoms with Crippen molar-refractivity contribution in [2.75, 3.05) is 19.8 Å². The second kappa shape index (κ2) is 10.5. The van der Waals surface area contributed by atoms with Crippen LogP contribution in [-0.2, 0) is 11.2 Å². The Labute approximate surface area is 116 Å². The Hall–Kier alpha value is -0.380. The van der Waals surface area contributed by atoms with Crippen LogP contribution in [0.2, 0.25) is 0 Å². The maximum atomic E-state index is 5.59. The van der Waals surface area contributed by atoms with Crippen molar-refractivity contribution in [1.82, 2.24) is 5.32 Å². The lowest BCUT2D eigenvalue weighted by Crippen LogP contribution is -2.31. The molecule has 0 aromatic carbocycles. The molecule has 0 bridgehead atoms. The molecule has 1 aromatic rings. The van der Waals surface area contributed by atoms with Crippen molar-refractivity contribution in [3.63, 3.8) is 0 Å². The number of aryl methyl sites for hydroxylation is 1. The predicted octanol–water partition coefficient (Wildman–Crippen LogP) is 3.87. The summed E-state index contributed by atoms with van der Waals surface area (Å²) in [6.07, 6.45) is 5.84. The van der Waals surface area contributed by atoms with Gasteiger partial charge in [-0.25, -0.2) is 0 Å². The number of hydrogen-bond donors (Lipinski definition) is 1. The number of ether oxygens (including phenoxy) is 1. The first-order valence-corrected chi connectivity index (χ1v) is 8.13. The van der Waals surface area contributed by atoms with Gasteiger partial charge < -0.3 is 10.1 Å². The summed E-state index contributed by atoms with van der Waals surface area (Å²) in [6, 6.07) is 2.83. The first-order chi connectivity index (χ1) is 8.86. The molecule has 0 aliphatic heterocycles. The van der Waals surface area contributed by atoms with E-state index in [1.54, 1.807) is 11.3 Å². The smallest absolute Gasteiger partial charge is 0.0480 e. The van der Waals surface area contributed by atoms with Gasteiger partial charge in [-0.15, -0.1) is 0 Å². The molecule has 0 saturated heterocycles. The van der Waals surface area contributed by atoms with Crippen LogP contribution < -0.4 is 5.32 Å². The number of rotatable bonds is 11. The average Bonchev–Trinajstić information content (AvgIpc) is 2.90. The topological polar surface area (TPSA) is 21.3 Å². The minimum Gasteiger partial charge on any atom is -0.381 e. The van der Waals surface area contributed by atoms with E-state index in [-0.39, 0.29) is 0 Å². The molecule has 0 spiro atoms. The van der Waals surface area contributed by atoms with Gasteiger partial charge in [-0.1, -0.05) is 13.8 Å². The molecule has 104 valence electrons. The summed E-state index contributed by atoms with van der Waals surface area (Å²) in [5.41, 5.74) is 1.47. The van der Waals surface area contributed by atoms with Crippen molar-refractivity contribution in [3.8, 4) is 0 Å². The molecule has 3 heteroatoms. The van der Waals surface area contributed by atoms with E-state index < -0.39 is 0 Å². The van der Waals surface area contributed by atoms with Gasteiger partial charge in [0.05, 0.1) is 0 Å². The Balaban J connectivity index is 2.21. The molecule has 1 rings (SSSR count). The average molecular weight is 269 g/mol. The SMILES string of the molecule is CCCNC(CCOCCC)CCc1ccsc1. The van der Waals surface area contributed by atoms with Crippen molar-refractivity contribution in [2.45, 2.75) is 52.0 Å². The summed E-state index contributed by atoms with van der Waals surface area (Å²) in [5, 5.41) is 8.05. The molecule has 0 fully saturated rings. The van der Waals surface area contributed by atoms with Crippen molar-refractivity contribution in [3.05, 3.63) is 22.4 Å². The molecule has 1 N–H and O–H groups in total. The van der Waals surface area contributed by atoms with Crippen LogP contribution in [0.4, 0.5) is 0 Å². The van der Waals surface area contributed by atoms with Gasteiger partial charge in [0.15, 0.2) is 0 Å². The third-order valence-corrected chi connectivity index (χ3v) is 3.74. The van der Waals surface area contributed by atoms with E-state index in [0.29, 0.717) is 6.04 Å². The molecule has 0 saturated carbocycles. The lowest BCUT2D eigenvalue weighted by molar-refractivity contribution is 0.123. The van der Waals surface area contributed by atoms with Gasteiger partial charge in [-0.2, -0.15) is 11.3 Å². The Morgan fingerprint density at radius 1 is 1.22 bits per heavy atom. The predicted molar refractivity (Wildman–Crippen MR) is 80.4 cm³/mol. The zero-order valence-electron chi connectivity index (χ0n) is 11.8. The molecular weight excluding hydrogens is 242 g/mol. The summed E-state index contributed by atoms with van der Waals surface area (Å²) < 4.78 is 5.59. The lowest BCUT2D eigenvalue weighted by Gasteiger charge is -2.18. The van der Waals surface area contributed by atoms with Gasteiger partial charge in [0, 0.05) is 19.3 Å². The van der Waals surface area contributed by atoms with Gasteiger partial charge in [0.2, 0.25) is 0 Å². The van der Waals surface area contributed by atoms with Gasteiger partial charge in [-0.05, 0) is 61.0 Å². The fourth-order valence-corrected chi connectivity index (χ4v) is 2.65. The minimum absolute atomic E-state index is 0.599. The molecule has 1 atom stereocenters. The highest BCUT2D eigenvalue weighted by molar-refractivity contribution is 7.07. The quantitative estimate of drug-likeness (QED) is 0.616. The molecule has 0 amide bonds. The normalized spacial score (nSPS) is 12.8. The largest absolute Gasteiger partial charge is 0.381 e. The molecule has 1 aromatic heterocycles. The number of thiophene rings is 1. The van der Waals surface area contributed by atoms with E-state index in [9.17, 15) is 0 Å². The monoisotopic (exact) mass is 269 g/mol. The van der Waals surface area contributed by atoms with E-state index in [0.717, 1.165) is 32.6 Å². The number of hydrogen-bond acceptors (Lipinski definition) is 3. The Bertz CT molecular complexity index is 274. The Morgan fingerprint density at radius 3 is 2.78 bits per heavy atom. The maximum Gasteiger partial charge on any atom is 0.0480 e. The molecule has 2 nitrogen and oxygen atoms in total. The van der Waals surface area contributed by atoms with Gasteiger partial charge in [-0.3, -0.25) is 0 Å². The van der Waals surface area contributed by atoms with E-state index in [4.69, 9.17) is 4.74 Å². The molecule has 18 heavy (non-hydrogen) atoms. The minimum atomic E-state index is 0.599. The third-order valence-electron chi connectivity index (χ3n) is 3.00. The summed E-state index contributed by atoms with van der Waals surface area (Å²) in [6.45, 7) is 7.27. The van der Waals surface area contributed by atoms with Crippen molar-refractivity contribution < 1.29 is 4.74 Å². The summed E-state index contributed by atoms with van der Waals surface area (Å²) >= 11 is 1.79. The lowest BCUT2D eigenvalue weighted by atomic mass is 10.1. The van der Waals surface area contributed by atoms with Gasteiger partial charge in [0.25, 0.3) is 0 Å². The molecule has 0 radical (unpaired) electrons. The van der Waals surface area contributed by atoms with Crippen LogP contribution in [0.5, 0.6) is 0 Å². The van der Waals surface area contributed by atoms with Crippen molar-refractivity contribution in [2.24, 2.45) is 0 Å². The molecule has 0 aliphatic carbocycles. The fraction of sp³-hybridized carbons (Fsp3) is 0.733. The molecule has 1 unspecified atom stereocenters. The third kappa shape index (κ3) is 7.14. The van der Waals surface area contributed by atoms with E-state index in [1.165, 1.54) is 24.8 Å². The van der Waals surface area contributed by atoms with Crippen molar-refractivity contribution >= 4 is 11.3 Å². The second-order valence-electron chi connectivity index (χ2n) is 4.72. The standard InChI is InChI=1S/C15H27NOS/c1-3-9-16-15(7-11-17-10-4-2)6-5-14-8-12-18-13-14/h8,12-13,15-16H,3-7,9-11H2,1-2H3. The van der Waals surface area contributed by atoms with Crippen LogP contribution in [0.15, 0.2) is 16.8 Å². The fourth-order valence-electron chi connectivity index (χ4n) is 1.94. The van der Waals surface area contributed by atoms with Crippen LogP contribution in [0.3, 0.4) is 0 Å². The van der Waals surface area contributed by atoms with Crippen molar-refractivity contribution in [1.29, 1.82) is 0 Å². The maximum absolute atomic E-state index is 5.59. The van der Waals surface area contributed by atoms with E-state index >= 15 is 0 Å². The highest BCUT2D eigenvalue weighted by atomic mass is 32.1. The van der Waals surface area contributed by atoms with E-state index in [1.807, 2.05) is 0 Å². The second-order valence-corrected chi connectivity index (χ2v) is 5.50. The summed E-state index contributed by atoms with van der Waals surface area (Å²) in [5.74, 6) is 0. The zero-order chi connectivity index (χ0) is 13.1. The molecule has 1 heterocycles. The molecule has 0 aliphatic rings. The van der Waals surface area contributed by atoms with Gasteiger partial charge >= 0.3 is 0 Å². The van der Waals surface area contributed by atoms with Crippen LogP contribution in [0.1, 0.15) is 45.1 Å². The molecular formula is C15H27NOS. The Kier molecular flexibility index (Phi) is 9.17. The summed E-state index contributed by atoms with van der Waals surface area (Å²) in [4.78, 5) is 0. The van der Waals surface area contributed by atoms with Crippen LogP contribution >= 0.6 is 11.3 Å². The van der Waals surface area contributed by atoms with Crippen LogP contribution in [0.25, 0.3) is 0 Å². The van der Waals surface area contributed by atoms with E-state index in [2.05, 4.69) is 36.0 Å². The highest BCUT2D eigenvalue weighted by Crippen LogP contribution is 2.11. The van der Waals surface area contributed by atoms with Crippen LogP contribution in [0, 0.1) is 0 Å². The number of nitrogens with one attached hydrogen (secondary N) is 1. The Morgan fingerprint density at radius 2 is 2.11 bits per heavy atom. The van der Waals surface area contributed by atoms with Gasteiger partial charge in [0.1, 0.15) is 0 Å². The first-order valence-electron chi connectivity index (χ1n) is 7.19. The summed E-state index contributed by atoms with van der Waals surface area (Å²) in [7, 11) is 0. The van der Waals surface area contributed by atoms with Crippen LogP contribution in [-0.4, -0.2) is 25.8 Å². The first kappa shape index (κ1) is 15.7. The zero-order valence-corrected chi connectivity index (χ0v) is 12.6.